The summed E-state index contributed by atoms with van der Waals surface area (Å²) in [7, 11) is 0. The Morgan fingerprint density at radius 3 is 2.52 bits per heavy atom. The summed E-state index contributed by atoms with van der Waals surface area (Å²) in [4.78, 5) is 29.6. The number of hydrogen-bond donors (Lipinski definition) is 0. The van der Waals surface area contributed by atoms with Crippen molar-refractivity contribution in [1.29, 1.82) is 0 Å². The van der Waals surface area contributed by atoms with Crippen LogP contribution in [0.3, 0.4) is 0 Å². The Kier molecular flexibility index (Phi) is 6.37. The third-order valence-corrected chi connectivity index (χ3v) is 5.31. The predicted molar refractivity (Wildman–Crippen MR) is 89.6 cm³/mol. The molecule has 0 unspecified atom stereocenters. The van der Waals surface area contributed by atoms with E-state index in [-0.39, 0.29) is 44.5 Å². The highest BCUT2D eigenvalue weighted by Gasteiger charge is 2.26. The molecule has 1 amide bonds. The number of esters is 1. The standard InChI is InChI=1S/C14H14Cl4N2O3/c1-7-4-2-3-5-20(7)8(21)6-23-14(22)12-10(16)9(15)11(17)13(18)19-12/h7H,2-6H2,1H3/t7-/m1/s1. The lowest BCUT2D eigenvalue weighted by Crippen LogP contribution is -2.44. The van der Waals surface area contributed by atoms with Crippen molar-refractivity contribution in [2.45, 2.75) is 32.2 Å². The molecule has 0 aliphatic carbocycles. The number of amides is 1. The second-order valence-electron chi connectivity index (χ2n) is 5.20. The van der Waals surface area contributed by atoms with E-state index in [2.05, 4.69) is 4.98 Å². The van der Waals surface area contributed by atoms with E-state index in [9.17, 15) is 9.59 Å². The summed E-state index contributed by atoms with van der Waals surface area (Å²) in [5, 5.41) is -0.460. The summed E-state index contributed by atoms with van der Waals surface area (Å²) in [6, 6.07) is 0.135. The van der Waals surface area contributed by atoms with Crippen molar-refractivity contribution < 1.29 is 14.3 Å². The van der Waals surface area contributed by atoms with Crippen molar-refractivity contribution in [3.8, 4) is 0 Å². The Balaban J connectivity index is 2.04. The van der Waals surface area contributed by atoms with Crippen molar-refractivity contribution in [3.05, 3.63) is 25.9 Å². The molecule has 1 saturated heterocycles. The number of aromatic nitrogens is 1. The molecule has 1 aliphatic heterocycles. The molecule has 2 heterocycles. The molecule has 1 aromatic heterocycles. The first-order chi connectivity index (χ1) is 10.8. The largest absolute Gasteiger partial charge is 0.451 e. The maximum absolute atomic E-state index is 12.1. The normalized spacial score (nSPS) is 18.0. The van der Waals surface area contributed by atoms with E-state index in [1.165, 1.54) is 0 Å². The number of piperidine rings is 1. The summed E-state index contributed by atoms with van der Waals surface area (Å²) in [5.74, 6) is -1.14. The van der Waals surface area contributed by atoms with E-state index >= 15 is 0 Å². The third kappa shape index (κ3) is 4.21. The summed E-state index contributed by atoms with van der Waals surface area (Å²) in [5.41, 5.74) is -0.273. The molecule has 0 aromatic carbocycles. The quantitative estimate of drug-likeness (QED) is 0.562. The fraction of sp³-hybridized carbons (Fsp3) is 0.500. The van der Waals surface area contributed by atoms with E-state index in [0.717, 1.165) is 19.3 Å². The minimum Gasteiger partial charge on any atom is -0.451 e. The van der Waals surface area contributed by atoms with Crippen LogP contribution in [0.15, 0.2) is 0 Å². The molecule has 9 heteroatoms. The van der Waals surface area contributed by atoms with Gasteiger partial charge in [-0.05, 0) is 26.2 Å². The van der Waals surface area contributed by atoms with E-state index < -0.39 is 5.97 Å². The molecular formula is C14H14Cl4N2O3. The fourth-order valence-corrected chi connectivity index (χ4v) is 3.18. The summed E-state index contributed by atoms with van der Waals surface area (Å²) < 4.78 is 4.98. The molecule has 0 bridgehead atoms. The van der Waals surface area contributed by atoms with Crippen LogP contribution in [0.2, 0.25) is 20.2 Å². The van der Waals surface area contributed by atoms with Gasteiger partial charge in [0.05, 0.1) is 15.1 Å². The maximum atomic E-state index is 12.1. The molecule has 0 N–H and O–H groups in total. The zero-order valence-corrected chi connectivity index (χ0v) is 15.3. The third-order valence-electron chi connectivity index (χ3n) is 3.63. The van der Waals surface area contributed by atoms with Crippen LogP contribution in [-0.4, -0.2) is 41.0 Å². The first kappa shape index (κ1) is 18.6. The van der Waals surface area contributed by atoms with Gasteiger partial charge in [0, 0.05) is 12.6 Å². The van der Waals surface area contributed by atoms with Crippen LogP contribution in [0.1, 0.15) is 36.7 Å². The topological polar surface area (TPSA) is 59.5 Å². The summed E-state index contributed by atoms with van der Waals surface area (Å²) in [6.45, 7) is 2.24. The van der Waals surface area contributed by atoms with Gasteiger partial charge in [-0.25, -0.2) is 9.78 Å². The molecule has 1 atom stereocenters. The number of halogens is 4. The Morgan fingerprint density at radius 1 is 1.17 bits per heavy atom. The lowest BCUT2D eigenvalue weighted by atomic mass is 10.0. The first-order valence-corrected chi connectivity index (χ1v) is 8.50. The number of carbonyl (C=O) groups is 2. The highest BCUT2D eigenvalue weighted by molar-refractivity contribution is 6.52. The van der Waals surface area contributed by atoms with Crippen LogP contribution in [0, 0.1) is 0 Å². The van der Waals surface area contributed by atoms with Gasteiger partial charge in [-0.2, -0.15) is 0 Å². The zero-order chi connectivity index (χ0) is 17.1. The average molecular weight is 400 g/mol. The minimum absolute atomic E-state index is 0.0481. The van der Waals surface area contributed by atoms with Crippen molar-refractivity contribution in [2.24, 2.45) is 0 Å². The second kappa shape index (κ2) is 7.88. The van der Waals surface area contributed by atoms with Crippen LogP contribution in [-0.2, 0) is 9.53 Å². The van der Waals surface area contributed by atoms with Crippen molar-refractivity contribution in [1.82, 2.24) is 9.88 Å². The van der Waals surface area contributed by atoms with Crippen LogP contribution < -0.4 is 0 Å². The average Bonchev–Trinajstić information content (AvgIpc) is 2.54. The molecule has 1 aromatic rings. The van der Waals surface area contributed by atoms with Gasteiger partial charge in [0.1, 0.15) is 5.15 Å². The van der Waals surface area contributed by atoms with Crippen molar-refractivity contribution in [2.75, 3.05) is 13.2 Å². The zero-order valence-electron chi connectivity index (χ0n) is 12.2. The maximum Gasteiger partial charge on any atom is 0.359 e. The van der Waals surface area contributed by atoms with Crippen LogP contribution in [0.25, 0.3) is 0 Å². The van der Waals surface area contributed by atoms with Gasteiger partial charge in [-0.15, -0.1) is 0 Å². The van der Waals surface area contributed by atoms with Gasteiger partial charge in [0.25, 0.3) is 5.91 Å². The molecule has 2 rings (SSSR count). The molecule has 0 spiro atoms. The predicted octanol–water partition coefficient (Wildman–Crippen LogP) is 4.25. The molecule has 0 saturated carbocycles. The van der Waals surface area contributed by atoms with Crippen molar-refractivity contribution in [3.63, 3.8) is 0 Å². The van der Waals surface area contributed by atoms with E-state index in [0.29, 0.717) is 6.54 Å². The molecule has 126 valence electrons. The number of ether oxygens (including phenoxy) is 1. The minimum atomic E-state index is -0.881. The smallest absolute Gasteiger partial charge is 0.359 e. The monoisotopic (exact) mass is 398 g/mol. The highest BCUT2D eigenvalue weighted by Crippen LogP contribution is 2.36. The van der Waals surface area contributed by atoms with Gasteiger partial charge < -0.3 is 9.64 Å². The summed E-state index contributed by atoms with van der Waals surface area (Å²) in [6.07, 6.45) is 2.97. The van der Waals surface area contributed by atoms with E-state index in [1.807, 2.05) is 6.92 Å². The van der Waals surface area contributed by atoms with Gasteiger partial charge in [-0.1, -0.05) is 46.4 Å². The van der Waals surface area contributed by atoms with E-state index in [4.69, 9.17) is 51.1 Å². The highest BCUT2D eigenvalue weighted by atomic mass is 35.5. The van der Waals surface area contributed by atoms with Crippen LogP contribution in [0.4, 0.5) is 0 Å². The van der Waals surface area contributed by atoms with Crippen LogP contribution >= 0.6 is 46.4 Å². The number of pyridine rings is 1. The molecular weight excluding hydrogens is 386 g/mol. The number of likely N-dealkylation sites (tertiary alicyclic amines) is 1. The molecule has 23 heavy (non-hydrogen) atoms. The molecule has 1 fully saturated rings. The van der Waals surface area contributed by atoms with Gasteiger partial charge in [-0.3, -0.25) is 4.79 Å². The Labute approximate surface area is 153 Å². The second-order valence-corrected chi connectivity index (χ2v) is 6.69. The molecule has 5 nitrogen and oxygen atoms in total. The number of hydrogen-bond acceptors (Lipinski definition) is 4. The molecule has 0 radical (unpaired) electrons. The lowest BCUT2D eigenvalue weighted by Gasteiger charge is -2.33. The lowest BCUT2D eigenvalue weighted by molar-refractivity contribution is -0.137. The Bertz CT molecular complexity index is 639. The summed E-state index contributed by atoms with van der Waals surface area (Å²) >= 11 is 23.3. The fourth-order valence-electron chi connectivity index (χ4n) is 2.37. The SMILES string of the molecule is C[C@@H]1CCCCN1C(=O)COC(=O)c1nc(Cl)c(Cl)c(Cl)c1Cl. The van der Waals surface area contributed by atoms with Crippen molar-refractivity contribution >= 4 is 58.3 Å². The van der Waals surface area contributed by atoms with E-state index in [1.54, 1.807) is 4.90 Å². The van der Waals surface area contributed by atoms with Gasteiger partial charge in [0.2, 0.25) is 0 Å². The van der Waals surface area contributed by atoms with Gasteiger partial charge >= 0.3 is 5.97 Å². The first-order valence-electron chi connectivity index (χ1n) is 6.99. The number of carbonyl (C=O) groups excluding carboxylic acids is 2. The van der Waals surface area contributed by atoms with Crippen LogP contribution in [0.5, 0.6) is 0 Å². The van der Waals surface area contributed by atoms with Gasteiger partial charge in [0.15, 0.2) is 12.3 Å². The number of rotatable bonds is 3. The molecule has 1 aliphatic rings. The number of nitrogens with zero attached hydrogens (tertiary/aromatic N) is 2. The Hall–Kier alpha value is -0.750. The Morgan fingerprint density at radius 2 is 1.87 bits per heavy atom.